The molecular weight excluding hydrogens is 435 g/mol. The van der Waals surface area contributed by atoms with Gasteiger partial charge in [-0.05, 0) is 62.2 Å². The van der Waals surface area contributed by atoms with Crippen LogP contribution in [0.3, 0.4) is 0 Å². The summed E-state index contributed by atoms with van der Waals surface area (Å²) in [6.07, 6.45) is 5.31. The van der Waals surface area contributed by atoms with E-state index in [4.69, 9.17) is 5.73 Å². The van der Waals surface area contributed by atoms with Crippen molar-refractivity contribution in [2.24, 2.45) is 5.73 Å². The zero-order valence-corrected chi connectivity index (χ0v) is 19.2. The molecule has 2 amide bonds. The lowest BCUT2D eigenvalue weighted by Gasteiger charge is -2.19. The van der Waals surface area contributed by atoms with Crippen molar-refractivity contribution in [2.45, 2.75) is 38.1 Å². The molecule has 0 aliphatic carbocycles. The third-order valence-corrected chi connectivity index (χ3v) is 5.14. The molecule has 2 aromatic carbocycles. The van der Waals surface area contributed by atoms with E-state index < -0.39 is 6.04 Å². The minimum absolute atomic E-state index is 0. The first-order chi connectivity index (χ1) is 14.1. The molecule has 1 fully saturated rings. The summed E-state index contributed by atoms with van der Waals surface area (Å²) in [5.74, 6) is -0.236. The van der Waals surface area contributed by atoms with Crippen molar-refractivity contribution in [3.8, 4) is 0 Å². The molecule has 31 heavy (non-hydrogen) atoms. The lowest BCUT2D eigenvalue weighted by Crippen LogP contribution is -2.37. The second-order valence-electron chi connectivity index (χ2n) is 7.60. The Kier molecular flexibility index (Phi) is 12.2. The maximum atomic E-state index is 12.3. The highest BCUT2D eigenvalue weighted by molar-refractivity contribution is 5.96. The predicted molar refractivity (Wildman–Crippen MR) is 131 cm³/mol. The Hall–Kier alpha value is -2.12. The third-order valence-electron chi connectivity index (χ3n) is 5.14. The number of halogens is 2. The molecule has 8 heteroatoms. The van der Waals surface area contributed by atoms with Crippen molar-refractivity contribution in [2.75, 3.05) is 30.3 Å². The van der Waals surface area contributed by atoms with Crippen molar-refractivity contribution in [3.63, 3.8) is 0 Å². The van der Waals surface area contributed by atoms with Crippen LogP contribution in [-0.4, -0.2) is 42.4 Å². The number of amides is 2. The van der Waals surface area contributed by atoms with E-state index in [1.165, 1.54) is 12.8 Å². The Balaban J connectivity index is 0.00000240. The van der Waals surface area contributed by atoms with Crippen molar-refractivity contribution < 1.29 is 9.59 Å². The average Bonchev–Trinajstić information content (AvgIpc) is 2.98. The number of rotatable bonds is 7. The van der Waals surface area contributed by atoms with Crippen LogP contribution in [0.5, 0.6) is 0 Å². The van der Waals surface area contributed by atoms with Gasteiger partial charge in [-0.3, -0.25) is 14.5 Å². The number of likely N-dealkylation sites (tertiary alicyclic amines) is 1. The van der Waals surface area contributed by atoms with E-state index in [9.17, 15) is 9.59 Å². The Labute approximate surface area is 196 Å². The normalized spacial score (nSPS) is 14.9. The molecule has 2 aromatic rings. The van der Waals surface area contributed by atoms with Gasteiger partial charge in [-0.15, -0.1) is 24.8 Å². The lowest BCUT2D eigenvalue weighted by molar-refractivity contribution is -0.118. The Morgan fingerprint density at radius 1 is 0.839 bits per heavy atom. The van der Waals surface area contributed by atoms with Gasteiger partial charge < -0.3 is 16.4 Å². The molecule has 6 nitrogen and oxygen atoms in total. The van der Waals surface area contributed by atoms with Gasteiger partial charge in [0.25, 0.3) is 0 Å². The van der Waals surface area contributed by atoms with Crippen molar-refractivity contribution in [1.29, 1.82) is 0 Å². The van der Waals surface area contributed by atoms with Gasteiger partial charge in [-0.2, -0.15) is 0 Å². The van der Waals surface area contributed by atoms with Gasteiger partial charge in [-0.1, -0.05) is 43.2 Å². The van der Waals surface area contributed by atoms with E-state index >= 15 is 0 Å². The van der Waals surface area contributed by atoms with Crippen LogP contribution in [0.1, 0.15) is 31.2 Å². The third kappa shape index (κ3) is 9.27. The van der Waals surface area contributed by atoms with E-state index in [1.54, 1.807) is 24.3 Å². The maximum Gasteiger partial charge on any atom is 0.241 e. The topological polar surface area (TPSA) is 87.5 Å². The summed E-state index contributed by atoms with van der Waals surface area (Å²) in [5.41, 5.74) is 8.42. The Morgan fingerprint density at radius 2 is 1.39 bits per heavy atom. The van der Waals surface area contributed by atoms with Crippen LogP contribution in [-0.2, 0) is 16.0 Å². The van der Waals surface area contributed by atoms with Crippen molar-refractivity contribution in [3.05, 3.63) is 60.2 Å². The molecule has 3 rings (SSSR count). The molecule has 1 unspecified atom stereocenters. The van der Waals surface area contributed by atoms with Crippen LogP contribution in [0.4, 0.5) is 11.4 Å². The molecule has 1 saturated heterocycles. The molecule has 0 radical (unpaired) electrons. The fourth-order valence-corrected chi connectivity index (χ4v) is 3.53. The van der Waals surface area contributed by atoms with Gasteiger partial charge in [0.15, 0.2) is 0 Å². The van der Waals surface area contributed by atoms with Gasteiger partial charge in [0.2, 0.25) is 11.8 Å². The highest BCUT2D eigenvalue weighted by atomic mass is 35.5. The first-order valence-corrected chi connectivity index (χ1v) is 10.3. The minimum Gasteiger partial charge on any atom is -0.325 e. The summed E-state index contributed by atoms with van der Waals surface area (Å²) in [7, 11) is 0. The van der Waals surface area contributed by atoms with E-state index in [1.807, 2.05) is 30.3 Å². The number of nitrogens with two attached hydrogens (primary N) is 1. The summed E-state index contributed by atoms with van der Waals surface area (Å²) in [5, 5.41) is 5.76. The molecule has 1 aliphatic heterocycles. The number of carbonyl (C=O) groups excluding carboxylic acids is 2. The van der Waals surface area contributed by atoms with E-state index in [2.05, 4.69) is 15.5 Å². The quantitative estimate of drug-likeness (QED) is 0.577. The first-order valence-electron chi connectivity index (χ1n) is 10.3. The average molecular weight is 467 g/mol. The smallest absolute Gasteiger partial charge is 0.241 e. The van der Waals surface area contributed by atoms with E-state index in [0.717, 1.165) is 37.2 Å². The van der Waals surface area contributed by atoms with Crippen molar-refractivity contribution in [1.82, 2.24) is 4.90 Å². The zero-order chi connectivity index (χ0) is 20.5. The number of anilines is 2. The monoisotopic (exact) mass is 466 g/mol. The summed E-state index contributed by atoms with van der Waals surface area (Å²) in [6.45, 7) is 2.40. The molecule has 0 saturated carbocycles. The molecule has 1 atom stereocenters. The largest absolute Gasteiger partial charge is 0.325 e. The van der Waals surface area contributed by atoms with Gasteiger partial charge in [0, 0.05) is 11.4 Å². The second kappa shape index (κ2) is 14.0. The van der Waals surface area contributed by atoms with Crippen LogP contribution in [0.25, 0.3) is 0 Å². The van der Waals surface area contributed by atoms with Gasteiger partial charge in [0.1, 0.15) is 0 Å². The SMILES string of the molecule is Cl.Cl.NC(Cc1ccccc1)C(=O)Nc1ccc(NC(=O)CN2CCCCCC2)cc1. The first kappa shape index (κ1) is 26.9. The highest BCUT2D eigenvalue weighted by Crippen LogP contribution is 2.15. The zero-order valence-electron chi connectivity index (χ0n) is 17.6. The Bertz CT molecular complexity index is 795. The summed E-state index contributed by atoms with van der Waals surface area (Å²) in [4.78, 5) is 26.8. The molecular formula is C23H32Cl2N4O2. The summed E-state index contributed by atoms with van der Waals surface area (Å²) < 4.78 is 0. The van der Waals surface area contributed by atoms with Crippen LogP contribution >= 0.6 is 24.8 Å². The molecule has 1 aliphatic rings. The highest BCUT2D eigenvalue weighted by Gasteiger charge is 2.15. The van der Waals surface area contributed by atoms with Crippen LogP contribution in [0.2, 0.25) is 0 Å². The number of benzene rings is 2. The molecule has 0 spiro atoms. The van der Waals surface area contributed by atoms with Crippen molar-refractivity contribution >= 4 is 48.0 Å². The summed E-state index contributed by atoms with van der Waals surface area (Å²) >= 11 is 0. The molecule has 170 valence electrons. The number of nitrogens with zero attached hydrogens (tertiary/aromatic N) is 1. The van der Waals surface area contributed by atoms with Gasteiger partial charge >= 0.3 is 0 Å². The standard InChI is InChI=1S/C23H30N4O2.2ClH/c24-21(16-18-8-4-3-5-9-18)23(29)26-20-12-10-19(11-13-20)25-22(28)17-27-14-6-1-2-7-15-27;;/h3-5,8-13,21H,1-2,6-7,14-17,24H2,(H,25,28)(H,26,29);2*1H. The van der Waals surface area contributed by atoms with E-state index in [0.29, 0.717) is 18.7 Å². The Morgan fingerprint density at radius 3 is 1.97 bits per heavy atom. The van der Waals surface area contributed by atoms with Crippen LogP contribution in [0, 0.1) is 0 Å². The molecule has 1 heterocycles. The fourth-order valence-electron chi connectivity index (χ4n) is 3.53. The summed E-state index contributed by atoms with van der Waals surface area (Å²) in [6, 6.07) is 16.2. The van der Waals surface area contributed by atoms with Crippen LogP contribution in [0.15, 0.2) is 54.6 Å². The number of nitrogens with one attached hydrogen (secondary N) is 2. The lowest BCUT2D eigenvalue weighted by atomic mass is 10.1. The number of hydrogen-bond acceptors (Lipinski definition) is 4. The fraction of sp³-hybridized carbons (Fsp3) is 0.391. The second-order valence-corrected chi connectivity index (χ2v) is 7.60. The number of hydrogen-bond donors (Lipinski definition) is 3. The predicted octanol–water partition coefficient (Wildman–Crippen LogP) is 3.85. The van der Waals surface area contributed by atoms with Crippen LogP contribution < -0.4 is 16.4 Å². The van der Waals surface area contributed by atoms with Gasteiger partial charge in [-0.25, -0.2) is 0 Å². The molecule has 4 N–H and O–H groups in total. The maximum absolute atomic E-state index is 12.3. The molecule has 0 aromatic heterocycles. The van der Waals surface area contributed by atoms with Gasteiger partial charge in [0.05, 0.1) is 12.6 Å². The van der Waals surface area contributed by atoms with E-state index in [-0.39, 0.29) is 36.6 Å². The number of carbonyl (C=O) groups is 2. The molecule has 0 bridgehead atoms. The minimum atomic E-state index is -0.620.